The fraction of sp³-hybridized carbons (Fsp3) is 0.583. The Kier molecular flexibility index (Phi) is 2.33. The van der Waals surface area contributed by atoms with Gasteiger partial charge in [0, 0.05) is 6.54 Å². The molecule has 1 aliphatic carbocycles. The summed E-state index contributed by atoms with van der Waals surface area (Å²) in [6, 6.07) is 0. The molecule has 1 aliphatic rings. The summed E-state index contributed by atoms with van der Waals surface area (Å²) < 4.78 is 4.33. The highest BCUT2D eigenvalue weighted by Crippen LogP contribution is 2.51. The predicted octanol–water partition coefficient (Wildman–Crippen LogP) is 2.85. The van der Waals surface area contributed by atoms with Gasteiger partial charge in [0.25, 0.3) is 0 Å². The van der Waals surface area contributed by atoms with E-state index in [1.54, 1.807) is 6.33 Å². The Balaban J connectivity index is 1.83. The second-order valence-corrected chi connectivity index (χ2v) is 6.19. The van der Waals surface area contributed by atoms with E-state index < -0.39 is 0 Å². The van der Waals surface area contributed by atoms with Crippen LogP contribution < -0.4 is 5.32 Å². The van der Waals surface area contributed by atoms with Crippen molar-refractivity contribution < 1.29 is 0 Å². The van der Waals surface area contributed by atoms with Crippen molar-refractivity contribution in [3.8, 4) is 0 Å². The third-order valence-corrected chi connectivity index (χ3v) is 4.52. The fourth-order valence-corrected chi connectivity index (χ4v) is 2.95. The number of hydrogen-bond acceptors (Lipinski definition) is 5. The van der Waals surface area contributed by atoms with Crippen molar-refractivity contribution in [3.63, 3.8) is 0 Å². The molecule has 0 aromatic carbocycles. The van der Waals surface area contributed by atoms with E-state index in [9.17, 15) is 0 Å². The summed E-state index contributed by atoms with van der Waals surface area (Å²) in [6.45, 7) is 7.63. The Hall–Kier alpha value is -1.23. The van der Waals surface area contributed by atoms with Crippen LogP contribution in [0.2, 0.25) is 0 Å². The van der Waals surface area contributed by atoms with Gasteiger partial charge >= 0.3 is 0 Å². The fourth-order valence-electron chi connectivity index (χ4n) is 2.20. The minimum Gasteiger partial charge on any atom is -0.369 e. The van der Waals surface area contributed by atoms with E-state index in [1.807, 2.05) is 6.92 Å². The quantitative estimate of drug-likeness (QED) is 0.907. The molecule has 0 radical (unpaired) electrons. The van der Waals surface area contributed by atoms with E-state index in [0.717, 1.165) is 34.2 Å². The molecule has 0 aliphatic heterocycles. The number of fused-ring (bicyclic) bond motifs is 1. The predicted molar refractivity (Wildman–Crippen MR) is 70.3 cm³/mol. The van der Waals surface area contributed by atoms with E-state index in [0.29, 0.717) is 5.41 Å². The van der Waals surface area contributed by atoms with Gasteiger partial charge in [-0.15, -0.1) is 0 Å². The van der Waals surface area contributed by atoms with Gasteiger partial charge in [-0.25, -0.2) is 9.97 Å². The van der Waals surface area contributed by atoms with Gasteiger partial charge in [0.2, 0.25) is 0 Å². The first-order chi connectivity index (χ1) is 8.08. The Morgan fingerprint density at radius 3 is 2.94 bits per heavy atom. The van der Waals surface area contributed by atoms with Crippen LogP contribution in [0.15, 0.2) is 6.33 Å². The highest BCUT2D eigenvalue weighted by molar-refractivity contribution is 7.13. The highest BCUT2D eigenvalue weighted by Gasteiger charge is 2.45. The maximum Gasteiger partial charge on any atom is 0.149 e. The molecule has 1 N–H and O–H groups in total. The molecule has 2 aromatic rings. The summed E-state index contributed by atoms with van der Waals surface area (Å²) in [6.07, 6.45) is 2.91. The minimum atomic E-state index is 0.501. The van der Waals surface area contributed by atoms with E-state index in [1.165, 1.54) is 18.0 Å². The molecule has 1 unspecified atom stereocenters. The smallest absolute Gasteiger partial charge is 0.149 e. The average molecular weight is 248 g/mol. The maximum atomic E-state index is 4.33. The SMILES string of the molecule is Cc1nsc2ncnc(NCC3CC3(C)C)c12. The van der Waals surface area contributed by atoms with Crippen molar-refractivity contribution in [1.82, 2.24) is 14.3 Å². The molecule has 17 heavy (non-hydrogen) atoms. The van der Waals surface area contributed by atoms with Gasteiger partial charge in [0.05, 0.1) is 11.1 Å². The molecule has 0 saturated heterocycles. The second kappa shape index (κ2) is 3.63. The summed E-state index contributed by atoms with van der Waals surface area (Å²) in [4.78, 5) is 9.54. The maximum absolute atomic E-state index is 4.33. The Morgan fingerprint density at radius 1 is 1.47 bits per heavy atom. The van der Waals surface area contributed by atoms with Gasteiger partial charge in [-0.1, -0.05) is 13.8 Å². The van der Waals surface area contributed by atoms with Crippen molar-refractivity contribution >= 4 is 27.6 Å². The number of aryl methyl sites for hydroxylation is 1. The minimum absolute atomic E-state index is 0.501. The van der Waals surface area contributed by atoms with Gasteiger partial charge in [0.15, 0.2) is 0 Å². The number of anilines is 1. The Bertz CT molecular complexity index is 561. The van der Waals surface area contributed by atoms with Crippen molar-refractivity contribution in [3.05, 3.63) is 12.0 Å². The lowest BCUT2D eigenvalue weighted by Crippen LogP contribution is -2.08. The topological polar surface area (TPSA) is 50.7 Å². The number of rotatable bonds is 3. The standard InChI is InChI=1S/C12H16N4S/c1-7-9-10(13-5-8-4-12(8,2)3)14-6-15-11(9)17-16-7/h6,8H,4-5H2,1-3H3,(H,13,14,15). The molecule has 2 heterocycles. The monoisotopic (exact) mass is 248 g/mol. The van der Waals surface area contributed by atoms with Gasteiger partial charge in [-0.05, 0) is 36.2 Å². The summed E-state index contributed by atoms with van der Waals surface area (Å²) in [5.41, 5.74) is 1.52. The number of nitrogens with zero attached hydrogens (tertiary/aromatic N) is 3. The first-order valence-electron chi connectivity index (χ1n) is 5.89. The summed E-state index contributed by atoms with van der Waals surface area (Å²) >= 11 is 1.44. The summed E-state index contributed by atoms with van der Waals surface area (Å²) in [5.74, 6) is 1.70. The second-order valence-electron chi connectivity index (χ2n) is 5.44. The van der Waals surface area contributed by atoms with E-state index in [2.05, 4.69) is 33.5 Å². The molecule has 2 aromatic heterocycles. The van der Waals surface area contributed by atoms with Crippen LogP contribution in [-0.2, 0) is 0 Å². The van der Waals surface area contributed by atoms with Crippen molar-refractivity contribution in [2.24, 2.45) is 11.3 Å². The van der Waals surface area contributed by atoms with Gasteiger partial charge in [-0.3, -0.25) is 0 Å². The van der Waals surface area contributed by atoms with Gasteiger partial charge in [-0.2, -0.15) is 4.37 Å². The normalized spacial score (nSPS) is 21.7. The van der Waals surface area contributed by atoms with Crippen LogP contribution in [-0.4, -0.2) is 20.9 Å². The zero-order chi connectivity index (χ0) is 12.0. The van der Waals surface area contributed by atoms with Crippen molar-refractivity contribution in [2.45, 2.75) is 27.2 Å². The van der Waals surface area contributed by atoms with Crippen LogP contribution in [0, 0.1) is 18.3 Å². The van der Waals surface area contributed by atoms with Crippen LogP contribution in [0.4, 0.5) is 5.82 Å². The average Bonchev–Trinajstić information content (AvgIpc) is 2.71. The number of hydrogen-bond donors (Lipinski definition) is 1. The molecule has 5 heteroatoms. The van der Waals surface area contributed by atoms with E-state index in [-0.39, 0.29) is 0 Å². The summed E-state index contributed by atoms with van der Waals surface area (Å²) in [5, 5.41) is 4.53. The molecule has 0 bridgehead atoms. The first kappa shape index (κ1) is 10.9. The van der Waals surface area contributed by atoms with Crippen LogP contribution in [0.25, 0.3) is 10.2 Å². The zero-order valence-corrected chi connectivity index (χ0v) is 11.1. The highest BCUT2D eigenvalue weighted by atomic mass is 32.1. The molecule has 3 rings (SSSR count). The summed E-state index contributed by atoms with van der Waals surface area (Å²) in [7, 11) is 0. The number of aromatic nitrogens is 3. The molecule has 1 fully saturated rings. The van der Waals surface area contributed by atoms with Gasteiger partial charge < -0.3 is 5.32 Å². The molecular weight excluding hydrogens is 232 g/mol. The molecule has 0 spiro atoms. The van der Waals surface area contributed by atoms with Crippen LogP contribution >= 0.6 is 11.5 Å². The lowest BCUT2D eigenvalue weighted by molar-refractivity contribution is 0.573. The van der Waals surface area contributed by atoms with Crippen molar-refractivity contribution in [1.29, 1.82) is 0 Å². The van der Waals surface area contributed by atoms with Crippen LogP contribution in [0.1, 0.15) is 26.0 Å². The third kappa shape index (κ3) is 1.88. The zero-order valence-electron chi connectivity index (χ0n) is 10.3. The molecule has 1 saturated carbocycles. The Labute approximate surface area is 105 Å². The number of nitrogens with one attached hydrogen (secondary N) is 1. The molecule has 0 amide bonds. The van der Waals surface area contributed by atoms with Crippen LogP contribution in [0.3, 0.4) is 0 Å². The van der Waals surface area contributed by atoms with Crippen molar-refractivity contribution in [2.75, 3.05) is 11.9 Å². The molecular formula is C12H16N4S. The molecule has 1 atom stereocenters. The van der Waals surface area contributed by atoms with E-state index in [4.69, 9.17) is 0 Å². The Morgan fingerprint density at radius 2 is 2.24 bits per heavy atom. The van der Waals surface area contributed by atoms with Crippen LogP contribution in [0.5, 0.6) is 0 Å². The van der Waals surface area contributed by atoms with Gasteiger partial charge in [0.1, 0.15) is 17.0 Å². The first-order valence-corrected chi connectivity index (χ1v) is 6.66. The third-order valence-electron chi connectivity index (χ3n) is 3.68. The molecule has 90 valence electrons. The molecule has 4 nitrogen and oxygen atoms in total. The lowest BCUT2D eigenvalue weighted by atomic mass is 10.1. The largest absolute Gasteiger partial charge is 0.369 e. The van der Waals surface area contributed by atoms with E-state index >= 15 is 0 Å². The lowest BCUT2D eigenvalue weighted by Gasteiger charge is -2.07.